The van der Waals surface area contributed by atoms with Crippen LogP contribution in [0.1, 0.15) is 142 Å². The molecule has 332 valence electrons. The predicted octanol–water partition coefficient (Wildman–Crippen LogP) is 12.4. The first-order valence-electron chi connectivity index (χ1n) is 22.1. The summed E-state index contributed by atoms with van der Waals surface area (Å²) in [6.07, 6.45) is 51.5. The molecular weight excluding hydrogens is 750 g/mol. The van der Waals surface area contributed by atoms with E-state index in [1.54, 1.807) is 12.3 Å². The lowest BCUT2D eigenvalue weighted by atomic mass is 10.1. The molecule has 0 heterocycles. The van der Waals surface area contributed by atoms with E-state index in [1.807, 2.05) is 63.7 Å². The van der Waals surface area contributed by atoms with Crippen LogP contribution in [0.2, 0.25) is 0 Å². The smallest absolute Gasteiger partial charge is 0.472 e. The number of hydrogen-bond acceptors (Lipinski definition) is 7. The molecule has 0 fully saturated rings. The van der Waals surface area contributed by atoms with Gasteiger partial charge in [0.1, 0.15) is 19.8 Å². The van der Waals surface area contributed by atoms with Crippen molar-refractivity contribution < 1.29 is 42.4 Å². The number of likely N-dealkylation sites (N-methyl/N-ethyl adjacent to an activating group) is 1. The van der Waals surface area contributed by atoms with Gasteiger partial charge >= 0.3 is 13.8 Å². The van der Waals surface area contributed by atoms with E-state index in [9.17, 15) is 19.4 Å². The average Bonchev–Trinajstić information content (AvgIpc) is 3.17. The van der Waals surface area contributed by atoms with Crippen LogP contribution in [0.15, 0.2) is 97.4 Å². The van der Waals surface area contributed by atoms with Gasteiger partial charge in [0.25, 0.3) is 0 Å². The maximum atomic E-state index is 12.7. The normalized spacial score (nSPS) is 15.2. The largest absolute Gasteiger partial charge is 0.498 e. The van der Waals surface area contributed by atoms with Crippen molar-refractivity contribution in [3.63, 3.8) is 0 Å². The van der Waals surface area contributed by atoms with E-state index in [1.165, 1.54) is 70.6 Å². The summed E-state index contributed by atoms with van der Waals surface area (Å²) in [6.45, 7) is 4.60. The van der Waals surface area contributed by atoms with Crippen LogP contribution in [-0.2, 0) is 27.9 Å². The molecule has 58 heavy (non-hydrogen) atoms. The molecule has 0 aromatic carbocycles. The molecule has 0 amide bonds. The Hall–Kier alpha value is -2.78. The van der Waals surface area contributed by atoms with Crippen molar-refractivity contribution in [2.45, 2.75) is 154 Å². The van der Waals surface area contributed by atoms with Crippen molar-refractivity contribution >= 4 is 13.8 Å². The Morgan fingerprint density at radius 1 is 0.655 bits per heavy atom. The Kier molecular flexibility index (Phi) is 37.8. The van der Waals surface area contributed by atoms with Gasteiger partial charge in [-0.2, -0.15) is 0 Å². The van der Waals surface area contributed by atoms with Gasteiger partial charge in [0, 0.05) is 6.42 Å². The molecule has 2 N–H and O–H groups in total. The molecule has 9 nitrogen and oxygen atoms in total. The van der Waals surface area contributed by atoms with Gasteiger partial charge in [0.2, 0.25) is 0 Å². The number of allylic oxidation sites excluding steroid dienone is 13. The third kappa shape index (κ3) is 42.8. The van der Waals surface area contributed by atoms with Crippen molar-refractivity contribution in [1.29, 1.82) is 0 Å². The maximum Gasteiger partial charge on any atom is 0.472 e. The Morgan fingerprint density at radius 3 is 1.88 bits per heavy atom. The van der Waals surface area contributed by atoms with Gasteiger partial charge in [-0.3, -0.25) is 13.8 Å². The highest BCUT2D eigenvalue weighted by Crippen LogP contribution is 2.43. The van der Waals surface area contributed by atoms with Crippen molar-refractivity contribution in [3.8, 4) is 0 Å². The number of aliphatic hydroxyl groups is 1. The zero-order valence-electron chi connectivity index (χ0n) is 37.1. The molecule has 0 aliphatic rings. The molecule has 0 rings (SSSR count). The van der Waals surface area contributed by atoms with E-state index in [0.29, 0.717) is 23.9 Å². The van der Waals surface area contributed by atoms with Gasteiger partial charge in [-0.25, -0.2) is 4.57 Å². The van der Waals surface area contributed by atoms with E-state index < -0.39 is 26.0 Å². The van der Waals surface area contributed by atoms with Crippen LogP contribution in [0.3, 0.4) is 0 Å². The molecule has 0 aliphatic heterocycles. The van der Waals surface area contributed by atoms with Crippen molar-refractivity contribution in [1.82, 2.24) is 0 Å². The molecule has 0 spiro atoms. The summed E-state index contributed by atoms with van der Waals surface area (Å²) in [6, 6.07) is 0. The van der Waals surface area contributed by atoms with Gasteiger partial charge in [0.05, 0.1) is 40.1 Å². The van der Waals surface area contributed by atoms with Crippen LogP contribution >= 0.6 is 7.82 Å². The van der Waals surface area contributed by atoms with Crippen LogP contribution < -0.4 is 0 Å². The monoisotopic (exact) mass is 833 g/mol. The molecule has 10 heteroatoms. The highest BCUT2D eigenvalue weighted by molar-refractivity contribution is 7.47. The highest BCUT2D eigenvalue weighted by atomic mass is 31.2. The number of nitrogens with zero attached hydrogens (tertiary/aromatic N) is 1. The number of unbranched alkanes of at least 4 members (excludes halogenated alkanes) is 11. The van der Waals surface area contributed by atoms with Crippen LogP contribution in [-0.4, -0.2) is 80.2 Å². The number of phosphoric acid groups is 1. The van der Waals surface area contributed by atoms with Crippen molar-refractivity contribution in [2.24, 2.45) is 0 Å². The van der Waals surface area contributed by atoms with Crippen molar-refractivity contribution in [3.05, 3.63) is 97.4 Å². The van der Waals surface area contributed by atoms with Crippen molar-refractivity contribution in [2.75, 3.05) is 47.5 Å². The third-order valence-corrected chi connectivity index (χ3v) is 9.77. The molecule has 0 aliphatic carbocycles. The van der Waals surface area contributed by atoms with E-state index in [4.69, 9.17) is 18.5 Å². The summed E-state index contributed by atoms with van der Waals surface area (Å²) < 4.78 is 34.6. The fraction of sp³-hybridized carbons (Fsp3) is 0.646. The second-order valence-electron chi connectivity index (χ2n) is 15.6. The zero-order chi connectivity index (χ0) is 42.8. The van der Waals surface area contributed by atoms with Crippen LogP contribution in [0.4, 0.5) is 0 Å². The molecule has 0 bridgehead atoms. The predicted molar refractivity (Wildman–Crippen MR) is 243 cm³/mol. The van der Waals surface area contributed by atoms with E-state index in [-0.39, 0.29) is 26.2 Å². The van der Waals surface area contributed by atoms with Gasteiger partial charge in [-0.15, -0.1) is 0 Å². The minimum atomic E-state index is -4.33. The fourth-order valence-electron chi connectivity index (χ4n) is 5.33. The Morgan fingerprint density at radius 2 is 1.22 bits per heavy atom. The minimum absolute atomic E-state index is 0.00565. The summed E-state index contributed by atoms with van der Waals surface area (Å²) in [5, 5.41) is 10.0. The Labute approximate surface area is 354 Å². The molecule has 0 saturated carbocycles. The number of phosphoric ester groups is 1. The maximum absolute atomic E-state index is 12.7. The Bertz CT molecular complexity index is 1260. The van der Waals surface area contributed by atoms with E-state index in [2.05, 4.69) is 56.4 Å². The van der Waals surface area contributed by atoms with Gasteiger partial charge in [-0.1, -0.05) is 144 Å². The zero-order valence-corrected chi connectivity index (χ0v) is 38.0. The number of carbonyl (C=O) groups is 1. The molecule has 0 aromatic heterocycles. The minimum Gasteiger partial charge on any atom is -0.498 e. The summed E-state index contributed by atoms with van der Waals surface area (Å²) in [7, 11) is 1.54. The number of carbonyl (C=O) groups excluding carboxylic acids is 1. The van der Waals surface area contributed by atoms with Gasteiger partial charge in [0.15, 0.2) is 6.10 Å². The summed E-state index contributed by atoms with van der Waals surface area (Å²) >= 11 is 0. The third-order valence-electron chi connectivity index (χ3n) is 8.79. The molecular formula is C48H83NO8P+. The quantitative estimate of drug-likeness (QED) is 0.0120. The standard InChI is InChI=1S/C48H82NO8P/c1-6-8-10-12-14-15-16-17-18-19-20-23-26-29-33-37-42-54-44-47(45-56-58(52,53)55-43-41-49(3,4)5)57-48(51)40-36-32-28-25-22-21-24-27-31-35-39-46(50)38-34-30-13-11-9-7-2/h9,11,15-16,21-22,27-28,30-32,34-35,37,39,42,46-47,50H,6-8,10,12-14,17-20,23-26,29,33,36,38,40-41,43-45H2,1-5H3/p+1/b11-9-,16-15-,22-21-,31-27-,32-28-,34-30-,39-35+,42-37+/t46?,47-/m1/s1. The highest BCUT2D eigenvalue weighted by Gasteiger charge is 2.26. The van der Waals surface area contributed by atoms with Crippen LogP contribution in [0.25, 0.3) is 0 Å². The lowest BCUT2D eigenvalue weighted by Crippen LogP contribution is -2.37. The lowest BCUT2D eigenvalue weighted by molar-refractivity contribution is -0.870. The number of quaternary nitrogens is 1. The lowest BCUT2D eigenvalue weighted by Gasteiger charge is -2.24. The molecule has 3 atom stereocenters. The first-order chi connectivity index (χ1) is 28.0. The van der Waals surface area contributed by atoms with E-state index in [0.717, 1.165) is 38.5 Å². The van der Waals surface area contributed by atoms with E-state index >= 15 is 0 Å². The summed E-state index contributed by atoms with van der Waals surface area (Å²) in [4.78, 5) is 22.8. The van der Waals surface area contributed by atoms with Crippen LogP contribution in [0.5, 0.6) is 0 Å². The average molecular weight is 833 g/mol. The summed E-state index contributed by atoms with van der Waals surface area (Å²) in [5.41, 5.74) is 0. The number of esters is 1. The first kappa shape index (κ1) is 55.2. The number of rotatable bonds is 39. The number of ether oxygens (including phenoxy) is 2. The second kappa shape index (κ2) is 39.7. The fourth-order valence-corrected chi connectivity index (χ4v) is 6.07. The second-order valence-corrected chi connectivity index (χ2v) is 17.1. The Balaban J connectivity index is 4.51. The van der Waals surface area contributed by atoms with Gasteiger partial charge < -0.3 is 24.0 Å². The SMILES string of the molecule is CC/C=C\C/C=C\CC(O)/C=C/C=C\C/C=C\C/C=C\CCC(=O)O[C@H](CO/C=C/CCCCCCCC/C=C\CCCCCC)COP(=O)(O)OCC[N+](C)(C)C. The summed E-state index contributed by atoms with van der Waals surface area (Å²) in [5.74, 6) is -0.443. The molecule has 2 unspecified atom stereocenters. The van der Waals surface area contributed by atoms with Crippen LogP contribution in [0, 0.1) is 0 Å². The molecule has 0 saturated heterocycles. The molecule has 0 aromatic rings. The first-order valence-corrected chi connectivity index (χ1v) is 23.6. The topological polar surface area (TPSA) is 112 Å². The number of aliphatic hydroxyl groups excluding tert-OH is 1. The van der Waals surface area contributed by atoms with Gasteiger partial charge in [-0.05, 0) is 83.1 Å². The molecule has 0 radical (unpaired) electrons. The number of hydrogen-bond donors (Lipinski definition) is 2.